The largest absolute Gasteiger partial charge is 0.447 e. The van der Waals surface area contributed by atoms with Crippen molar-refractivity contribution in [2.75, 3.05) is 31.5 Å². The molecular weight excluding hydrogens is 469 g/mol. The van der Waals surface area contributed by atoms with Crippen molar-refractivity contribution in [1.29, 1.82) is 0 Å². The van der Waals surface area contributed by atoms with Gasteiger partial charge in [0.05, 0.1) is 11.5 Å². The number of nitrogens with one attached hydrogen (secondary N) is 1. The van der Waals surface area contributed by atoms with E-state index in [1.165, 1.54) is 18.4 Å². The van der Waals surface area contributed by atoms with E-state index < -0.39 is 4.92 Å². The van der Waals surface area contributed by atoms with Gasteiger partial charge in [-0.3, -0.25) is 24.7 Å². The monoisotopic (exact) mass is 489 g/mol. The lowest BCUT2D eigenvalue weighted by Crippen LogP contribution is -2.45. The molecule has 1 aliphatic heterocycles. The van der Waals surface area contributed by atoms with Crippen LogP contribution in [0.25, 0.3) is 0 Å². The fraction of sp³-hybridized carbons (Fsp3) is 0.273. The van der Waals surface area contributed by atoms with Gasteiger partial charge in [-0.15, -0.1) is 0 Å². The van der Waals surface area contributed by atoms with E-state index in [4.69, 9.17) is 27.6 Å². The Morgan fingerprint density at radius 1 is 1.06 bits per heavy atom. The highest BCUT2D eigenvalue weighted by molar-refractivity contribution is 6.31. The number of carbonyl (C=O) groups excluding carboxylic acids is 1. The zero-order valence-electron chi connectivity index (χ0n) is 17.5. The van der Waals surface area contributed by atoms with E-state index in [1.807, 2.05) is 0 Å². The third kappa shape index (κ3) is 6.08. The van der Waals surface area contributed by atoms with Crippen molar-refractivity contribution >= 4 is 40.5 Å². The molecule has 0 spiro atoms. The van der Waals surface area contributed by atoms with E-state index in [9.17, 15) is 14.9 Å². The molecule has 1 amide bonds. The van der Waals surface area contributed by atoms with Crippen LogP contribution in [0.4, 0.5) is 11.4 Å². The summed E-state index contributed by atoms with van der Waals surface area (Å²) < 4.78 is 5.49. The molecular formula is C22H21Cl2N5O4. The second-order valence-corrected chi connectivity index (χ2v) is 8.52. The van der Waals surface area contributed by atoms with Gasteiger partial charge in [0, 0.05) is 60.6 Å². The number of nitro groups is 1. The molecule has 172 valence electrons. The number of aromatic nitrogens is 1. The first-order valence-electron chi connectivity index (χ1n) is 10.3. The van der Waals surface area contributed by atoms with Gasteiger partial charge < -0.3 is 9.73 Å². The molecule has 1 aliphatic rings. The summed E-state index contributed by atoms with van der Waals surface area (Å²) in [6, 6.07) is 11.3. The van der Waals surface area contributed by atoms with E-state index in [1.54, 1.807) is 30.3 Å². The summed E-state index contributed by atoms with van der Waals surface area (Å²) in [6.45, 7) is 4.09. The summed E-state index contributed by atoms with van der Waals surface area (Å²) in [4.78, 5) is 31.7. The molecule has 0 radical (unpaired) electrons. The number of amides is 1. The number of oxazole rings is 1. The number of carbonyl (C=O) groups is 1. The van der Waals surface area contributed by atoms with E-state index in [0.29, 0.717) is 34.7 Å². The molecule has 1 aromatic heterocycles. The average molecular weight is 490 g/mol. The van der Waals surface area contributed by atoms with Crippen molar-refractivity contribution in [2.24, 2.45) is 0 Å². The highest BCUT2D eigenvalue weighted by Crippen LogP contribution is 2.24. The normalized spacial score (nSPS) is 14.8. The molecule has 0 unspecified atom stereocenters. The van der Waals surface area contributed by atoms with Gasteiger partial charge in [-0.1, -0.05) is 23.2 Å². The molecule has 0 aliphatic carbocycles. The van der Waals surface area contributed by atoms with Crippen LogP contribution >= 0.6 is 23.2 Å². The summed E-state index contributed by atoms with van der Waals surface area (Å²) in [5.74, 6) is 0.109. The molecule has 2 heterocycles. The SMILES string of the molecule is O=C(Nc1ccc(Cl)cc1)c1coc(CN2CCN(Cc3cc([N+](=O)[O-])ccc3Cl)CC2)n1. The molecule has 1 N–H and O–H groups in total. The molecule has 11 heteroatoms. The van der Waals surface area contributed by atoms with Crippen LogP contribution in [0.15, 0.2) is 53.1 Å². The van der Waals surface area contributed by atoms with Gasteiger partial charge in [-0.25, -0.2) is 4.98 Å². The van der Waals surface area contributed by atoms with Gasteiger partial charge in [0.15, 0.2) is 5.69 Å². The summed E-state index contributed by atoms with van der Waals surface area (Å²) in [6.07, 6.45) is 1.35. The summed E-state index contributed by atoms with van der Waals surface area (Å²) in [7, 11) is 0. The average Bonchev–Trinajstić information content (AvgIpc) is 3.26. The Hall–Kier alpha value is -2.98. The van der Waals surface area contributed by atoms with Crippen molar-refractivity contribution in [3.63, 3.8) is 0 Å². The maximum Gasteiger partial charge on any atom is 0.277 e. The first-order chi connectivity index (χ1) is 15.9. The molecule has 0 atom stereocenters. The Balaban J connectivity index is 1.28. The maximum atomic E-state index is 12.4. The molecule has 0 saturated carbocycles. The van der Waals surface area contributed by atoms with Gasteiger partial charge in [0.1, 0.15) is 6.26 Å². The van der Waals surface area contributed by atoms with Crippen LogP contribution in [0.1, 0.15) is 21.9 Å². The molecule has 4 rings (SSSR count). The number of benzene rings is 2. The lowest BCUT2D eigenvalue weighted by atomic mass is 10.1. The van der Waals surface area contributed by atoms with Crippen LogP contribution in [0.5, 0.6) is 0 Å². The standard InChI is InChI=1S/C22H21Cl2N5O4/c23-16-1-3-17(4-2-16)25-22(30)20-14-33-21(26-20)13-28-9-7-27(8-10-28)12-15-11-18(29(31)32)5-6-19(15)24/h1-6,11,14H,7-10,12-13H2,(H,25,30). The third-order valence-corrected chi connectivity index (χ3v) is 5.97. The zero-order valence-corrected chi connectivity index (χ0v) is 19.1. The Kier molecular flexibility index (Phi) is 7.24. The number of anilines is 1. The van der Waals surface area contributed by atoms with Gasteiger partial charge in [-0.2, -0.15) is 0 Å². The van der Waals surface area contributed by atoms with E-state index in [2.05, 4.69) is 20.1 Å². The third-order valence-electron chi connectivity index (χ3n) is 5.34. The van der Waals surface area contributed by atoms with Crippen molar-refractivity contribution in [1.82, 2.24) is 14.8 Å². The van der Waals surface area contributed by atoms with Gasteiger partial charge in [-0.05, 0) is 35.9 Å². The number of nitrogens with zero attached hydrogens (tertiary/aromatic N) is 4. The Labute approximate surface area is 200 Å². The zero-order chi connectivity index (χ0) is 23.4. The molecule has 9 nitrogen and oxygen atoms in total. The second kappa shape index (κ2) is 10.3. The summed E-state index contributed by atoms with van der Waals surface area (Å²) >= 11 is 12.1. The fourth-order valence-corrected chi connectivity index (χ4v) is 3.85. The lowest BCUT2D eigenvalue weighted by molar-refractivity contribution is -0.384. The Bertz CT molecular complexity index is 1140. The second-order valence-electron chi connectivity index (χ2n) is 7.67. The fourth-order valence-electron chi connectivity index (χ4n) is 3.55. The van der Waals surface area contributed by atoms with Crippen LogP contribution in [0, 0.1) is 10.1 Å². The minimum atomic E-state index is -0.419. The van der Waals surface area contributed by atoms with Gasteiger partial charge in [0.2, 0.25) is 5.89 Å². The molecule has 2 aromatic carbocycles. The molecule has 3 aromatic rings. The first kappa shape index (κ1) is 23.2. The van der Waals surface area contributed by atoms with Gasteiger partial charge in [0.25, 0.3) is 11.6 Å². The minimum Gasteiger partial charge on any atom is -0.447 e. The molecule has 0 bridgehead atoms. The van der Waals surface area contributed by atoms with Crippen molar-refractivity contribution in [2.45, 2.75) is 13.1 Å². The van der Waals surface area contributed by atoms with Crippen LogP contribution in [-0.2, 0) is 13.1 Å². The molecule has 1 fully saturated rings. The highest BCUT2D eigenvalue weighted by Gasteiger charge is 2.21. The summed E-state index contributed by atoms with van der Waals surface area (Å²) in [5.41, 5.74) is 1.60. The maximum absolute atomic E-state index is 12.4. The van der Waals surface area contributed by atoms with Crippen LogP contribution in [0.2, 0.25) is 10.0 Å². The predicted molar refractivity (Wildman–Crippen MR) is 125 cm³/mol. The Morgan fingerprint density at radius 2 is 1.73 bits per heavy atom. The lowest BCUT2D eigenvalue weighted by Gasteiger charge is -2.34. The van der Waals surface area contributed by atoms with Crippen molar-refractivity contribution in [3.05, 3.63) is 86.0 Å². The van der Waals surface area contributed by atoms with Crippen LogP contribution in [0.3, 0.4) is 0 Å². The van der Waals surface area contributed by atoms with E-state index in [-0.39, 0.29) is 17.3 Å². The number of nitro benzene ring substituents is 1. The van der Waals surface area contributed by atoms with Crippen molar-refractivity contribution < 1.29 is 14.1 Å². The number of halogens is 2. The number of non-ortho nitro benzene ring substituents is 1. The van der Waals surface area contributed by atoms with E-state index >= 15 is 0 Å². The number of hydrogen-bond acceptors (Lipinski definition) is 7. The number of rotatable bonds is 7. The molecule has 33 heavy (non-hydrogen) atoms. The number of hydrogen-bond donors (Lipinski definition) is 1. The van der Waals surface area contributed by atoms with Gasteiger partial charge >= 0.3 is 0 Å². The first-order valence-corrected chi connectivity index (χ1v) is 11.0. The predicted octanol–water partition coefficient (Wildman–Crippen LogP) is 4.46. The van der Waals surface area contributed by atoms with Crippen LogP contribution < -0.4 is 5.32 Å². The number of piperazine rings is 1. The highest BCUT2D eigenvalue weighted by atomic mass is 35.5. The minimum absolute atomic E-state index is 0.0350. The smallest absolute Gasteiger partial charge is 0.277 e. The van der Waals surface area contributed by atoms with Crippen LogP contribution in [-0.4, -0.2) is 51.8 Å². The summed E-state index contributed by atoms with van der Waals surface area (Å²) in [5, 5.41) is 14.9. The molecule has 1 saturated heterocycles. The van der Waals surface area contributed by atoms with E-state index in [0.717, 1.165) is 31.7 Å². The Morgan fingerprint density at radius 3 is 2.39 bits per heavy atom. The topological polar surface area (TPSA) is 105 Å². The quantitative estimate of drug-likeness (QED) is 0.385. The van der Waals surface area contributed by atoms with Crippen molar-refractivity contribution in [3.8, 4) is 0 Å².